The Hall–Kier alpha value is -3.22. The number of nitrogens with one attached hydrogen (secondary N) is 2. The molecule has 0 spiro atoms. The molecule has 0 unspecified atom stereocenters. The maximum Gasteiger partial charge on any atom is 0.323 e. The van der Waals surface area contributed by atoms with Gasteiger partial charge in [0.25, 0.3) is 0 Å². The third-order valence-electron chi connectivity index (χ3n) is 4.12. The van der Waals surface area contributed by atoms with Crippen LogP contribution in [0.2, 0.25) is 0 Å². The molecule has 4 rings (SSSR count). The number of nitrogens with zero attached hydrogens (tertiary/aromatic N) is 1. The van der Waals surface area contributed by atoms with E-state index in [1.807, 2.05) is 12.1 Å². The summed E-state index contributed by atoms with van der Waals surface area (Å²) < 4.78 is 10.5. The lowest BCUT2D eigenvalue weighted by molar-refractivity contribution is -0.117. The van der Waals surface area contributed by atoms with E-state index < -0.39 is 0 Å². The van der Waals surface area contributed by atoms with Crippen molar-refractivity contribution in [1.29, 1.82) is 0 Å². The SMILES string of the molecule is O=C(Nc1cccc(N2CCCC2=O)c1)Nc1ccc2c(c1)OCO2. The molecule has 2 aliphatic rings. The molecule has 0 radical (unpaired) electrons. The van der Waals surface area contributed by atoms with Crippen molar-refractivity contribution in [1.82, 2.24) is 0 Å². The number of fused-ring (bicyclic) bond motifs is 1. The minimum Gasteiger partial charge on any atom is -0.454 e. The predicted octanol–water partition coefficient (Wildman–Crippen LogP) is 3.19. The van der Waals surface area contributed by atoms with E-state index in [9.17, 15) is 9.59 Å². The van der Waals surface area contributed by atoms with Crippen LogP contribution in [-0.4, -0.2) is 25.3 Å². The van der Waals surface area contributed by atoms with Crippen molar-refractivity contribution in [3.8, 4) is 11.5 Å². The molecule has 0 atom stereocenters. The quantitative estimate of drug-likeness (QED) is 0.900. The van der Waals surface area contributed by atoms with E-state index in [0.29, 0.717) is 35.8 Å². The third kappa shape index (κ3) is 3.21. The van der Waals surface area contributed by atoms with Crippen molar-refractivity contribution in [2.24, 2.45) is 0 Å². The van der Waals surface area contributed by atoms with Crippen LogP contribution < -0.4 is 25.0 Å². The highest BCUT2D eigenvalue weighted by atomic mass is 16.7. The van der Waals surface area contributed by atoms with Gasteiger partial charge in [0.15, 0.2) is 11.5 Å². The molecule has 0 aliphatic carbocycles. The van der Waals surface area contributed by atoms with Crippen molar-refractivity contribution < 1.29 is 19.1 Å². The van der Waals surface area contributed by atoms with Gasteiger partial charge in [-0.2, -0.15) is 0 Å². The van der Waals surface area contributed by atoms with Crippen molar-refractivity contribution in [3.63, 3.8) is 0 Å². The van der Waals surface area contributed by atoms with E-state index in [1.54, 1.807) is 35.2 Å². The lowest BCUT2D eigenvalue weighted by Crippen LogP contribution is -2.24. The standard InChI is InChI=1S/C18H17N3O4/c22-17-5-2-8-21(17)14-4-1-3-12(9-14)19-18(23)20-13-6-7-15-16(10-13)25-11-24-15/h1,3-4,6-7,9-10H,2,5,8,11H2,(H2,19,20,23). The Morgan fingerprint density at radius 2 is 1.80 bits per heavy atom. The number of rotatable bonds is 3. The van der Waals surface area contributed by atoms with Crippen LogP contribution in [0.5, 0.6) is 11.5 Å². The molecule has 3 amide bonds. The first-order valence-electron chi connectivity index (χ1n) is 8.07. The van der Waals surface area contributed by atoms with Gasteiger partial charge in [-0.3, -0.25) is 4.79 Å². The first kappa shape index (κ1) is 15.3. The molecule has 128 valence electrons. The van der Waals surface area contributed by atoms with Crippen LogP contribution >= 0.6 is 0 Å². The number of amides is 3. The minimum absolute atomic E-state index is 0.113. The largest absolute Gasteiger partial charge is 0.454 e. The number of hydrogen-bond acceptors (Lipinski definition) is 4. The van der Waals surface area contributed by atoms with Gasteiger partial charge in [-0.1, -0.05) is 6.07 Å². The Morgan fingerprint density at radius 3 is 2.60 bits per heavy atom. The second-order valence-corrected chi connectivity index (χ2v) is 5.85. The van der Waals surface area contributed by atoms with Gasteiger partial charge in [0.2, 0.25) is 12.7 Å². The van der Waals surface area contributed by atoms with E-state index in [2.05, 4.69) is 10.6 Å². The average molecular weight is 339 g/mol. The molecular formula is C18H17N3O4. The number of benzene rings is 2. The Bertz CT molecular complexity index is 837. The maximum atomic E-state index is 12.2. The van der Waals surface area contributed by atoms with Crippen LogP contribution in [0.4, 0.5) is 21.9 Å². The van der Waals surface area contributed by atoms with Crippen LogP contribution in [-0.2, 0) is 4.79 Å². The average Bonchev–Trinajstić information content (AvgIpc) is 3.23. The van der Waals surface area contributed by atoms with E-state index >= 15 is 0 Å². The molecule has 2 aliphatic heterocycles. The first-order chi connectivity index (χ1) is 12.2. The number of carbonyl (C=O) groups is 2. The van der Waals surface area contributed by atoms with Gasteiger partial charge in [-0.15, -0.1) is 0 Å². The monoisotopic (exact) mass is 339 g/mol. The van der Waals surface area contributed by atoms with Gasteiger partial charge < -0.3 is 25.0 Å². The van der Waals surface area contributed by atoms with Crippen molar-refractivity contribution in [2.75, 3.05) is 28.9 Å². The molecule has 7 nitrogen and oxygen atoms in total. The van der Waals surface area contributed by atoms with Crippen LogP contribution in [0.25, 0.3) is 0 Å². The van der Waals surface area contributed by atoms with E-state index in [4.69, 9.17) is 9.47 Å². The van der Waals surface area contributed by atoms with Crippen molar-refractivity contribution in [3.05, 3.63) is 42.5 Å². The summed E-state index contributed by atoms with van der Waals surface area (Å²) in [6, 6.07) is 12.1. The second-order valence-electron chi connectivity index (χ2n) is 5.85. The van der Waals surface area contributed by atoms with Crippen LogP contribution in [0, 0.1) is 0 Å². The smallest absolute Gasteiger partial charge is 0.323 e. The fourth-order valence-corrected chi connectivity index (χ4v) is 2.94. The summed E-state index contributed by atoms with van der Waals surface area (Å²) in [4.78, 5) is 25.8. The number of hydrogen-bond donors (Lipinski definition) is 2. The Balaban J connectivity index is 1.43. The van der Waals surface area contributed by atoms with E-state index in [0.717, 1.165) is 12.1 Å². The Morgan fingerprint density at radius 1 is 1.00 bits per heavy atom. The molecule has 1 saturated heterocycles. The summed E-state index contributed by atoms with van der Waals surface area (Å²) in [5.74, 6) is 1.38. The summed E-state index contributed by atoms with van der Waals surface area (Å²) >= 11 is 0. The molecule has 0 bridgehead atoms. The molecule has 2 N–H and O–H groups in total. The Kier molecular flexibility index (Phi) is 3.89. The highest BCUT2D eigenvalue weighted by Gasteiger charge is 2.21. The normalized spacial score (nSPS) is 15.4. The molecule has 1 fully saturated rings. The Labute approximate surface area is 144 Å². The fourth-order valence-electron chi connectivity index (χ4n) is 2.94. The molecule has 0 saturated carbocycles. The second kappa shape index (κ2) is 6.35. The molecule has 2 aromatic carbocycles. The van der Waals surface area contributed by atoms with Gasteiger partial charge in [0.05, 0.1) is 0 Å². The minimum atomic E-state index is -0.372. The number of carbonyl (C=O) groups excluding carboxylic acids is 2. The number of urea groups is 1. The lowest BCUT2D eigenvalue weighted by Gasteiger charge is -2.17. The molecule has 2 heterocycles. The van der Waals surface area contributed by atoms with Gasteiger partial charge in [-0.05, 0) is 36.8 Å². The summed E-state index contributed by atoms with van der Waals surface area (Å²) in [7, 11) is 0. The zero-order chi connectivity index (χ0) is 17.2. The number of ether oxygens (including phenoxy) is 2. The summed E-state index contributed by atoms with van der Waals surface area (Å²) in [5.41, 5.74) is 2.02. The zero-order valence-corrected chi connectivity index (χ0v) is 13.5. The first-order valence-corrected chi connectivity index (χ1v) is 8.07. The van der Waals surface area contributed by atoms with Crippen molar-refractivity contribution >= 4 is 29.0 Å². The number of anilines is 3. The van der Waals surface area contributed by atoms with E-state index in [1.165, 1.54) is 0 Å². The van der Waals surface area contributed by atoms with Gasteiger partial charge in [0.1, 0.15) is 0 Å². The molecule has 25 heavy (non-hydrogen) atoms. The molecule has 0 aromatic heterocycles. The molecule has 2 aromatic rings. The molecular weight excluding hydrogens is 322 g/mol. The topological polar surface area (TPSA) is 79.9 Å². The maximum absolute atomic E-state index is 12.2. The van der Waals surface area contributed by atoms with Crippen LogP contribution in [0.3, 0.4) is 0 Å². The van der Waals surface area contributed by atoms with Gasteiger partial charge in [0, 0.05) is 36.1 Å². The fraction of sp³-hybridized carbons (Fsp3) is 0.222. The van der Waals surface area contributed by atoms with Crippen molar-refractivity contribution in [2.45, 2.75) is 12.8 Å². The van der Waals surface area contributed by atoms with E-state index in [-0.39, 0.29) is 18.7 Å². The van der Waals surface area contributed by atoms with Crippen LogP contribution in [0.1, 0.15) is 12.8 Å². The highest BCUT2D eigenvalue weighted by molar-refractivity contribution is 6.01. The van der Waals surface area contributed by atoms with Gasteiger partial charge >= 0.3 is 6.03 Å². The lowest BCUT2D eigenvalue weighted by atomic mass is 10.2. The highest BCUT2D eigenvalue weighted by Crippen LogP contribution is 2.34. The molecule has 7 heteroatoms. The summed E-state index contributed by atoms with van der Waals surface area (Å²) in [5, 5.41) is 5.53. The summed E-state index contributed by atoms with van der Waals surface area (Å²) in [6.45, 7) is 0.901. The zero-order valence-electron chi connectivity index (χ0n) is 13.5. The third-order valence-corrected chi connectivity index (χ3v) is 4.12. The predicted molar refractivity (Wildman–Crippen MR) is 93.2 cm³/mol. The van der Waals surface area contributed by atoms with Gasteiger partial charge in [-0.25, -0.2) is 4.79 Å². The summed E-state index contributed by atoms with van der Waals surface area (Å²) in [6.07, 6.45) is 1.43. The van der Waals surface area contributed by atoms with Crippen LogP contribution in [0.15, 0.2) is 42.5 Å².